The van der Waals surface area contributed by atoms with E-state index >= 15 is 0 Å². The van der Waals surface area contributed by atoms with E-state index in [0.717, 1.165) is 22.2 Å². The summed E-state index contributed by atoms with van der Waals surface area (Å²) >= 11 is 5.97. The van der Waals surface area contributed by atoms with Gasteiger partial charge in [-0.2, -0.15) is 0 Å². The zero-order valence-electron chi connectivity index (χ0n) is 9.67. The maximum atomic E-state index is 13.2. The standard InChI is InChI=1S/C14H10ClFN2/c1-8-4-9(2-3-12(8)16)10-5-13-14(18-6-10)11(15)7-17-13/h2-7,17H,1H3. The predicted molar refractivity (Wildman–Crippen MR) is 71.2 cm³/mol. The van der Waals surface area contributed by atoms with E-state index in [9.17, 15) is 4.39 Å². The molecule has 18 heavy (non-hydrogen) atoms. The van der Waals surface area contributed by atoms with Crippen molar-refractivity contribution in [3.8, 4) is 11.1 Å². The molecule has 1 aromatic carbocycles. The van der Waals surface area contributed by atoms with Gasteiger partial charge in [-0.25, -0.2) is 4.39 Å². The van der Waals surface area contributed by atoms with Crippen molar-refractivity contribution in [2.45, 2.75) is 6.92 Å². The molecule has 0 aliphatic heterocycles. The lowest BCUT2D eigenvalue weighted by Gasteiger charge is -2.04. The number of benzene rings is 1. The fourth-order valence-electron chi connectivity index (χ4n) is 1.96. The van der Waals surface area contributed by atoms with Crippen LogP contribution in [0.25, 0.3) is 22.2 Å². The molecule has 0 saturated carbocycles. The van der Waals surface area contributed by atoms with Crippen molar-refractivity contribution in [3.05, 3.63) is 53.1 Å². The van der Waals surface area contributed by atoms with Crippen molar-refractivity contribution in [2.75, 3.05) is 0 Å². The average Bonchev–Trinajstić information content (AvgIpc) is 2.74. The predicted octanol–water partition coefficient (Wildman–Crippen LogP) is 4.33. The quantitative estimate of drug-likeness (QED) is 0.693. The molecule has 0 spiro atoms. The Labute approximate surface area is 108 Å². The second-order valence-electron chi connectivity index (χ2n) is 4.22. The zero-order chi connectivity index (χ0) is 12.7. The number of rotatable bonds is 1. The lowest BCUT2D eigenvalue weighted by molar-refractivity contribution is 0.619. The average molecular weight is 261 g/mol. The number of pyridine rings is 1. The molecule has 0 fully saturated rings. The monoisotopic (exact) mass is 260 g/mol. The normalized spacial score (nSPS) is 11.1. The summed E-state index contributed by atoms with van der Waals surface area (Å²) in [5.41, 5.74) is 4.12. The lowest BCUT2D eigenvalue weighted by atomic mass is 10.0. The number of fused-ring (bicyclic) bond motifs is 1. The first-order chi connectivity index (χ1) is 8.65. The molecular formula is C14H10ClFN2. The van der Waals surface area contributed by atoms with Gasteiger partial charge in [0.15, 0.2) is 0 Å². The van der Waals surface area contributed by atoms with Crippen LogP contribution in [0, 0.1) is 12.7 Å². The van der Waals surface area contributed by atoms with Crippen LogP contribution in [0.3, 0.4) is 0 Å². The molecule has 2 heterocycles. The van der Waals surface area contributed by atoms with Crippen molar-refractivity contribution in [2.24, 2.45) is 0 Å². The fourth-order valence-corrected chi connectivity index (χ4v) is 2.16. The van der Waals surface area contributed by atoms with Gasteiger partial charge in [-0.1, -0.05) is 17.7 Å². The highest BCUT2D eigenvalue weighted by Crippen LogP contribution is 2.27. The first-order valence-electron chi connectivity index (χ1n) is 5.54. The third-order valence-electron chi connectivity index (χ3n) is 2.96. The van der Waals surface area contributed by atoms with E-state index < -0.39 is 0 Å². The van der Waals surface area contributed by atoms with Crippen molar-refractivity contribution < 1.29 is 4.39 Å². The van der Waals surface area contributed by atoms with Crippen LogP contribution in [0.5, 0.6) is 0 Å². The van der Waals surface area contributed by atoms with Gasteiger partial charge >= 0.3 is 0 Å². The van der Waals surface area contributed by atoms with Crippen molar-refractivity contribution in [1.29, 1.82) is 0 Å². The number of aromatic nitrogens is 2. The Morgan fingerprint density at radius 3 is 2.83 bits per heavy atom. The minimum absolute atomic E-state index is 0.198. The molecule has 0 unspecified atom stereocenters. The van der Waals surface area contributed by atoms with E-state index in [1.807, 2.05) is 12.1 Å². The van der Waals surface area contributed by atoms with E-state index in [1.54, 1.807) is 25.4 Å². The molecule has 0 atom stereocenters. The Morgan fingerprint density at radius 1 is 1.22 bits per heavy atom. The van der Waals surface area contributed by atoms with Crippen molar-refractivity contribution >= 4 is 22.6 Å². The molecule has 1 N–H and O–H groups in total. The van der Waals surface area contributed by atoms with E-state index in [1.165, 1.54) is 6.07 Å². The summed E-state index contributed by atoms with van der Waals surface area (Å²) in [6.07, 6.45) is 3.45. The SMILES string of the molecule is Cc1cc(-c2cnc3c(Cl)c[nH]c3c2)ccc1F. The Morgan fingerprint density at radius 2 is 2.06 bits per heavy atom. The summed E-state index contributed by atoms with van der Waals surface area (Å²) < 4.78 is 13.2. The highest BCUT2D eigenvalue weighted by Gasteiger charge is 2.06. The van der Waals surface area contributed by atoms with Gasteiger partial charge in [-0.15, -0.1) is 0 Å². The number of hydrogen-bond acceptors (Lipinski definition) is 1. The smallest absolute Gasteiger partial charge is 0.126 e. The number of nitrogens with zero attached hydrogens (tertiary/aromatic N) is 1. The zero-order valence-corrected chi connectivity index (χ0v) is 10.4. The van der Waals surface area contributed by atoms with Gasteiger partial charge in [-0.05, 0) is 36.2 Å². The van der Waals surface area contributed by atoms with Gasteiger partial charge in [0.05, 0.1) is 10.5 Å². The Kier molecular flexibility index (Phi) is 2.56. The number of H-pyrrole nitrogens is 1. The molecule has 3 aromatic rings. The van der Waals surface area contributed by atoms with Crippen LogP contribution >= 0.6 is 11.6 Å². The van der Waals surface area contributed by atoms with E-state index in [-0.39, 0.29) is 5.82 Å². The summed E-state index contributed by atoms with van der Waals surface area (Å²) in [5.74, 6) is -0.198. The maximum Gasteiger partial charge on any atom is 0.126 e. The number of halogens is 2. The maximum absolute atomic E-state index is 13.2. The van der Waals surface area contributed by atoms with Gasteiger partial charge in [0.1, 0.15) is 11.3 Å². The van der Waals surface area contributed by atoms with Crippen molar-refractivity contribution in [3.63, 3.8) is 0 Å². The second kappa shape index (κ2) is 4.10. The van der Waals surface area contributed by atoms with Crippen molar-refractivity contribution in [1.82, 2.24) is 9.97 Å². The molecule has 2 aromatic heterocycles. The van der Waals surface area contributed by atoms with Gasteiger partial charge in [0.25, 0.3) is 0 Å². The van der Waals surface area contributed by atoms with Crippen LogP contribution in [0.1, 0.15) is 5.56 Å². The fraction of sp³-hybridized carbons (Fsp3) is 0.0714. The minimum atomic E-state index is -0.198. The number of aryl methyl sites for hydroxylation is 1. The van der Waals surface area contributed by atoms with Gasteiger partial charge in [0, 0.05) is 18.0 Å². The molecular weight excluding hydrogens is 251 g/mol. The topological polar surface area (TPSA) is 28.7 Å². The van der Waals surface area contributed by atoms with E-state index in [0.29, 0.717) is 10.6 Å². The van der Waals surface area contributed by atoms with E-state index in [2.05, 4.69) is 9.97 Å². The molecule has 0 radical (unpaired) electrons. The van der Waals surface area contributed by atoms with Crippen LogP contribution in [0.4, 0.5) is 4.39 Å². The lowest BCUT2D eigenvalue weighted by Crippen LogP contribution is -1.86. The van der Waals surface area contributed by atoms with Crippen LogP contribution in [-0.4, -0.2) is 9.97 Å². The van der Waals surface area contributed by atoms with Crippen LogP contribution < -0.4 is 0 Å². The molecule has 0 saturated heterocycles. The number of aromatic amines is 1. The molecule has 4 heteroatoms. The van der Waals surface area contributed by atoms with Crippen LogP contribution in [0.2, 0.25) is 5.02 Å². The first kappa shape index (κ1) is 11.2. The second-order valence-corrected chi connectivity index (χ2v) is 4.63. The van der Waals surface area contributed by atoms with Crippen LogP contribution in [0.15, 0.2) is 36.7 Å². The molecule has 0 aliphatic rings. The summed E-state index contributed by atoms with van der Waals surface area (Å²) in [5, 5.41) is 0.604. The molecule has 3 rings (SSSR count). The van der Waals surface area contributed by atoms with Crippen LogP contribution in [-0.2, 0) is 0 Å². The number of nitrogens with one attached hydrogen (secondary N) is 1. The number of hydrogen-bond donors (Lipinski definition) is 1. The summed E-state index contributed by atoms with van der Waals surface area (Å²) in [6.45, 7) is 1.75. The molecule has 0 amide bonds. The molecule has 2 nitrogen and oxygen atoms in total. The molecule has 0 aliphatic carbocycles. The van der Waals surface area contributed by atoms with E-state index in [4.69, 9.17) is 11.6 Å². The highest BCUT2D eigenvalue weighted by molar-refractivity contribution is 6.35. The minimum Gasteiger partial charge on any atom is -0.358 e. The van der Waals surface area contributed by atoms with Gasteiger partial charge in [0.2, 0.25) is 0 Å². The first-order valence-corrected chi connectivity index (χ1v) is 5.92. The van der Waals surface area contributed by atoms with Gasteiger partial charge in [-0.3, -0.25) is 4.98 Å². The third-order valence-corrected chi connectivity index (χ3v) is 3.25. The highest BCUT2D eigenvalue weighted by atomic mass is 35.5. The largest absolute Gasteiger partial charge is 0.358 e. The Balaban J connectivity index is 2.16. The molecule has 0 bridgehead atoms. The summed E-state index contributed by atoms with van der Waals surface area (Å²) in [6, 6.07) is 6.98. The summed E-state index contributed by atoms with van der Waals surface area (Å²) in [7, 11) is 0. The summed E-state index contributed by atoms with van der Waals surface area (Å²) in [4.78, 5) is 7.37. The Bertz CT molecular complexity index is 734. The van der Waals surface area contributed by atoms with Gasteiger partial charge < -0.3 is 4.98 Å². The third kappa shape index (κ3) is 1.77. The Hall–Kier alpha value is -1.87. The molecule has 90 valence electrons.